The van der Waals surface area contributed by atoms with Crippen LogP contribution in [0.5, 0.6) is 11.5 Å². The fourth-order valence-electron chi connectivity index (χ4n) is 3.24. The van der Waals surface area contributed by atoms with E-state index in [1.54, 1.807) is 7.11 Å². The van der Waals surface area contributed by atoms with Crippen LogP contribution in [0.25, 0.3) is 0 Å². The lowest BCUT2D eigenvalue weighted by Crippen LogP contribution is -2.50. The van der Waals surface area contributed by atoms with Gasteiger partial charge < -0.3 is 9.16 Å². The van der Waals surface area contributed by atoms with Gasteiger partial charge in [0.05, 0.1) is 11.6 Å². The zero-order chi connectivity index (χ0) is 15.5. The molecule has 0 saturated carbocycles. The number of halogens is 1. The van der Waals surface area contributed by atoms with Crippen molar-refractivity contribution in [3.63, 3.8) is 0 Å². The van der Waals surface area contributed by atoms with E-state index in [0.717, 1.165) is 16.0 Å². The molecule has 20 heavy (non-hydrogen) atoms. The molecule has 0 fully saturated rings. The third-order valence-corrected chi connectivity index (χ3v) is 10.7. The van der Waals surface area contributed by atoms with E-state index in [2.05, 4.69) is 57.5 Å². The van der Waals surface area contributed by atoms with Gasteiger partial charge in [0.2, 0.25) is 0 Å². The first kappa shape index (κ1) is 17.6. The Morgan fingerprint density at radius 1 is 0.950 bits per heavy atom. The molecule has 0 atom stereocenters. The van der Waals surface area contributed by atoms with Crippen LogP contribution in [-0.4, -0.2) is 15.4 Å². The lowest BCUT2D eigenvalue weighted by molar-refractivity contribution is 0.412. The Balaban J connectivity index is 3.19. The molecule has 0 N–H and O–H groups in total. The highest BCUT2D eigenvalue weighted by atomic mass is 79.9. The maximum absolute atomic E-state index is 6.65. The zero-order valence-electron chi connectivity index (χ0n) is 13.7. The predicted molar refractivity (Wildman–Crippen MR) is 92.4 cm³/mol. The Bertz CT molecular complexity index is 422. The summed E-state index contributed by atoms with van der Waals surface area (Å²) in [7, 11) is -0.220. The summed E-state index contributed by atoms with van der Waals surface area (Å²) < 4.78 is 12.9. The van der Waals surface area contributed by atoms with Gasteiger partial charge in [0.25, 0.3) is 8.32 Å². The molecular weight excluding hydrogens is 332 g/mol. The number of benzene rings is 1. The molecule has 2 nitrogen and oxygen atoms in total. The standard InChI is InChI=1S/C16H27BrO2Si/c1-11(2)20(12(3)4,13(5)6)19-16-9-8-14(18-7)10-15(16)17/h8-13H,1-7H3. The van der Waals surface area contributed by atoms with Crippen LogP contribution in [-0.2, 0) is 0 Å². The average Bonchev–Trinajstić information content (AvgIpc) is 2.35. The van der Waals surface area contributed by atoms with Crippen molar-refractivity contribution in [2.75, 3.05) is 7.11 Å². The van der Waals surface area contributed by atoms with Gasteiger partial charge >= 0.3 is 0 Å². The summed E-state index contributed by atoms with van der Waals surface area (Å²) in [6.07, 6.45) is 0. The summed E-state index contributed by atoms with van der Waals surface area (Å²) in [4.78, 5) is 0. The van der Waals surface area contributed by atoms with Crippen LogP contribution in [0.3, 0.4) is 0 Å². The van der Waals surface area contributed by atoms with Crippen LogP contribution >= 0.6 is 15.9 Å². The highest BCUT2D eigenvalue weighted by molar-refractivity contribution is 9.10. The van der Waals surface area contributed by atoms with Gasteiger partial charge in [0.1, 0.15) is 11.5 Å². The van der Waals surface area contributed by atoms with Crippen LogP contribution in [0.15, 0.2) is 22.7 Å². The molecule has 0 radical (unpaired) electrons. The number of rotatable bonds is 6. The van der Waals surface area contributed by atoms with Crippen LogP contribution < -0.4 is 9.16 Å². The van der Waals surface area contributed by atoms with Gasteiger partial charge in [-0.1, -0.05) is 41.5 Å². The van der Waals surface area contributed by atoms with E-state index in [-0.39, 0.29) is 0 Å². The van der Waals surface area contributed by atoms with Gasteiger partial charge in [-0.05, 0) is 50.8 Å². The fraction of sp³-hybridized carbons (Fsp3) is 0.625. The molecule has 1 rings (SSSR count). The second kappa shape index (κ2) is 6.99. The van der Waals surface area contributed by atoms with E-state index in [9.17, 15) is 0 Å². The summed E-state index contributed by atoms with van der Waals surface area (Å²) >= 11 is 3.61. The van der Waals surface area contributed by atoms with Gasteiger partial charge in [-0.2, -0.15) is 0 Å². The highest BCUT2D eigenvalue weighted by Crippen LogP contribution is 2.44. The van der Waals surface area contributed by atoms with Crippen molar-refractivity contribution in [3.05, 3.63) is 22.7 Å². The molecular formula is C16H27BrO2Si. The van der Waals surface area contributed by atoms with Crippen molar-refractivity contribution in [1.29, 1.82) is 0 Å². The Morgan fingerprint density at radius 2 is 1.45 bits per heavy atom. The minimum Gasteiger partial charge on any atom is -0.542 e. The van der Waals surface area contributed by atoms with Crippen molar-refractivity contribution in [2.24, 2.45) is 0 Å². The topological polar surface area (TPSA) is 18.5 Å². The average molecular weight is 359 g/mol. The minimum absolute atomic E-state index is 0.566. The van der Waals surface area contributed by atoms with Crippen molar-refractivity contribution in [3.8, 4) is 11.5 Å². The minimum atomic E-state index is -1.90. The number of methoxy groups -OCH3 is 1. The highest BCUT2D eigenvalue weighted by Gasteiger charge is 2.47. The second-order valence-corrected chi connectivity index (χ2v) is 12.4. The van der Waals surface area contributed by atoms with Gasteiger partial charge in [0.15, 0.2) is 0 Å². The summed E-state index contributed by atoms with van der Waals surface area (Å²) in [5, 5.41) is 0. The molecule has 4 heteroatoms. The molecule has 0 bridgehead atoms. The first-order valence-corrected chi connectivity index (χ1v) is 10.2. The van der Waals surface area contributed by atoms with E-state index in [1.165, 1.54) is 0 Å². The van der Waals surface area contributed by atoms with E-state index in [1.807, 2.05) is 18.2 Å². The number of hydrogen-bond acceptors (Lipinski definition) is 2. The molecule has 0 unspecified atom stereocenters. The molecule has 1 aromatic carbocycles. The fourth-order valence-corrected chi connectivity index (χ4v) is 9.09. The monoisotopic (exact) mass is 358 g/mol. The normalized spacial score (nSPS) is 12.3. The summed E-state index contributed by atoms with van der Waals surface area (Å²) in [5.41, 5.74) is 1.70. The predicted octanol–water partition coefficient (Wildman–Crippen LogP) is 6.01. The molecule has 114 valence electrons. The number of ether oxygens (including phenoxy) is 1. The molecule has 0 heterocycles. The second-order valence-electron chi connectivity index (χ2n) is 6.22. The maximum atomic E-state index is 6.65. The SMILES string of the molecule is COc1ccc(O[Si](C(C)C)(C(C)C)C(C)C)c(Br)c1. The molecule has 1 aromatic rings. The summed E-state index contributed by atoms with van der Waals surface area (Å²) in [5.74, 6) is 1.78. The summed E-state index contributed by atoms with van der Waals surface area (Å²) in [6.45, 7) is 13.8. The number of hydrogen-bond donors (Lipinski definition) is 0. The molecule has 0 amide bonds. The lowest BCUT2D eigenvalue weighted by Gasteiger charge is -2.42. The Morgan fingerprint density at radius 3 is 1.80 bits per heavy atom. The van der Waals surface area contributed by atoms with Crippen molar-refractivity contribution >= 4 is 24.2 Å². The molecule has 0 aliphatic rings. The maximum Gasteiger partial charge on any atom is 0.258 e. The van der Waals surface area contributed by atoms with Gasteiger partial charge in [-0.3, -0.25) is 0 Å². The quantitative estimate of drug-likeness (QED) is 0.579. The van der Waals surface area contributed by atoms with Crippen LogP contribution in [0.2, 0.25) is 16.6 Å². The Labute approximate surface area is 133 Å². The summed E-state index contributed by atoms with van der Waals surface area (Å²) in [6, 6.07) is 5.94. The van der Waals surface area contributed by atoms with Gasteiger partial charge in [-0.15, -0.1) is 0 Å². The molecule has 0 aliphatic heterocycles. The molecule has 0 spiro atoms. The van der Waals surface area contributed by atoms with Crippen molar-refractivity contribution in [2.45, 2.75) is 58.2 Å². The molecule has 0 saturated heterocycles. The smallest absolute Gasteiger partial charge is 0.258 e. The third kappa shape index (κ3) is 3.40. The van der Waals surface area contributed by atoms with Gasteiger partial charge in [-0.25, -0.2) is 0 Å². The Kier molecular flexibility index (Phi) is 6.14. The van der Waals surface area contributed by atoms with E-state index < -0.39 is 8.32 Å². The van der Waals surface area contributed by atoms with Crippen LogP contribution in [0.1, 0.15) is 41.5 Å². The van der Waals surface area contributed by atoms with E-state index >= 15 is 0 Å². The lowest BCUT2D eigenvalue weighted by atomic mass is 10.3. The third-order valence-electron chi connectivity index (χ3n) is 4.13. The van der Waals surface area contributed by atoms with Crippen LogP contribution in [0, 0.1) is 0 Å². The Hall–Kier alpha value is -0.483. The molecule has 0 aromatic heterocycles. The van der Waals surface area contributed by atoms with E-state index in [0.29, 0.717) is 16.6 Å². The van der Waals surface area contributed by atoms with Gasteiger partial charge in [0, 0.05) is 0 Å². The van der Waals surface area contributed by atoms with E-state index in [4.69, 9.17) is 9.16 Å². The molecule has 0 aliphatic carbocycles. The first-order chi connectivity index (χ1) is 9.25. The first-order valence-electron chi connectivity index (χ1n) is 7.28. The van der Waals surface area contributed by atoms with Crippen LogP contribution in [0.4, 0.5) is 0 Å². The zero-order valence-corrected chi connectivity index (χ0v) is 16.2. The van der Waals surface area contributed by atoms with Crippen molar-refractivity contribution < 1.29 is 9.16 Å². The van der Waals surface area contributed by atoms with Crippen molar-refractivity contribution in [1.82, 2.24) is 0 Å². The largest absolute Gasteiger partial charge is 0.542 e.